The third-order valence-electron chi connectivity index (χ3n) is 5.39. The number of amides is 2. The van der Waals surface area contributed by atoms with Crippen LogP contribution >= 0.6 is 11.8 Å². The number of hydrogen-bond acceptors (Lipinski definition) is 7. The number of nitrogens with zero attached hydrogens (tertiary/aromatic N) is 4. The molecule has 2 aromatic carbocycles. The number of carbonyl (C=O) groups excluding carboxylic acids is 2. The molecule has 0 unspecified atom stereocenters. The molecule has 160 valence electrons. The molecule has 0 aromatic heterocycles. The summed E-state index contributed by atoms with van der Waals surface area (Å²) >= 11 is 0.902. The van der Waals surface area contributed by atoms with Crippen LogP contribution in [-0.4, -0.2) is 58.7 Å². The van der Waals surface area contributed by atoms with Crippen molar-refractivity contribution in [2.45, 2.75) is 6.92 Å². The molecule has 0 saturated carbocycles. The lowest BCUT2D eigenvalue weighted by molar-refractivity contribution is -0.384. The molecule has 8 nitrogen and oxygen atoms in total. The van der Waals surface area contributed by atoms with Crippen molar-refractivity contribution in [3.8, 4) is 0 Å². The highest BCUT2D eigenvalue weighted by atomic mass is 32.2. The second-order valence-electron chi connectivity index (χ2n) is 7.54. The number of hydrogen-bond donors (Lipinski definition) is 0. The monoisotopic (exact) mass is 438 g/mol. The molecule has 9 heteroatoms. The van der Waals surface area contributed by atoms with Gasteiger partial charge in [0.25, 0.3) is 16.8 Å². The topological polar surface area (TPSA) is 87.0 Å². The van der Waals surface area contributed by atoms with Gasteiger partial charge in [0.05, 0.1) is 16.5 Å². The summed E-state index contributed by atoms with van der Waals surface area (Å²) in [6, 6.07) is 14.3. The van der Waals surface area contributed by atoms with Gasteiger partial charge in [-0.05, 0) is 54.6 Å². The summed E-state index contributed by atoms with van der Waals surface area (Å²) in [6.45, 7) is 5.52. The Kier molecular flexibility index (Phi) is 6.06. The van der Waals surface area contributed by atoms with Crippen LogP contribution in [0.25, 0.3) is 6.08 Å². The number of imide groups is 1. The minimum absolute atomic E-state index is 0.0185. The number of thioether (sulfide) groups is 1. The second-order valence-corrected chi connectivity index (χ2v) is 8.53. The van der Waals surface area contributed by atoms with Crippen LogP contribution in [0, 0.1) is 17.0 Å². The Bertz CT molecular complexity index is 1030. The Morgan fingerprint density at radius 2 is 1.65 bits per heavy atom. The van der Waals surface area contributed by atoms with Crippen molar-refractivity contribution in [1.82, 2.24) is 9.80 Å². The number of nitro groups is 1. The highest BCUT2D eigenvalue weighted by molar-refractivity contribution is 8.18. The van der Waals surface area contributed by atoms with Crippen molar-refractivity contribution in [1.29, 1.82) is 0 Å². The van der Waals surface area contributed by atoms with Crippen molar-refractivity contribution >= 4 is 40.4 Å². The lowest BCUT2D eigenvalue weighted by Crippen LogP contribution is -2.50. The number of benzene rings is 2. The van der Waals surface area contributed by atoms with Gasteiger partial charge in [-0.1, -0.05) is 17.7 Å². The molecule has 0 bridgehead atoms. The molecule has 0 aliphatic carbocycles. The molecule has 2 fully saturated rings. The van der Waals surface area contributed by atoms with Gasteiger partial charge in [0.15, 0.2) is 0 Å². The molecule has 31 heavy (non-hydrogen) atoms. The first-order chi connectivity index (χ1) is 14.9. The maximum Gasteiger partial charge on any atom is 0.294 e. The van der Waals surface area contributed by atoms with Crippen molar-refractivity contribution in [2.24, 2.45) is 0 Å². The van der Waals surface area contributed by atoms with Gasteiger partial charge in [-0.15, -0.1) is 0 Å². The fourth-order valence-corrected chi connectivity index (χ4v) is 4.40. The summed E-state index contributed by atoms with van der Waals surface area (Å²) in [6.07, 6.45) is 1.60. The summed E-state index contributed by atoms with van der Waals surface area (Å²) in [4.78, 5) is 41.5. The number of rotatable bonds is 5. The highest BCUT2D eigenvalue weighted by Gasteiger charge is 2.36. The number of aryl methyl sites for hydroxylation is 1. The van der Waals surface area contributed by atoms with Gasteiger partial charge in [-0.3, -0.25) is 29.5 Å². The number of anilines is 1. The lowest BCUT2D eigenvalue weighted by Gasteiger charge is -2.37. The van der Waals surface area contributed by atoms with Crippen molar-refractivity contribution < 1.29 is 14.5 Å². The second kappa shape index (κ2) is 8.91. The van der Waals surface area contributed by atoms with Gasteiger partial charge in [0.1, 0.15) is 0 Å². The van der Waals surface area contributed by atoms with Crippen LogP contribution < -0.4 is 4.90 Å². The molecular weight excluding hydrogens is 416 g/mol. The molecule has 0 N–H and O–H groups in total. The van der Waals surface area contributed by atoms with Gasteiger partial charge >= 0.3 is 0 Å². The van der Waals surface area contributed by atoms with E-state index < -0.39 is 4.92 Å². The minimum atomic E-state index is -0.476. The molecule has 0 radical (unpaired) electrons. The molecular formula is C22H22N4O4S. The third-order valence-corrected chi connectivity index (χ3v) is 6.30. The average molecular weight is 439 g/mol. The fourth-order valence-electron chi connectivity index (χ4n) is 3.57. The van der Waals surface area contributed by atoms with Crippen LogP contribution in [0.15, 0.2) is 53.4 Å². The molecule has 2 aliphatic rings. The van der Waals surface area contributed by atoms with Crippen molar-refractivity contribution in [3.05, 3.63) is 74.7 Å². The zero-order valence-corrected chi connectivity index (χ0v) is 17.9. The largest absolute Gasteiger partial charge is 0.369 e. The van der Waals surface area contributed by atoms with E-state index in [0.29, 0.717) is 10.5 Å². The van der Waals surface area contributed by atoms with Crippen molar-refractivity contribution in [2.75, 3.05) is 37.7 Å². The van der Waals surface area contributed by atoms with E-state index in [0.717, 1.165) is 37.9 Å². The van der Waals surface area contributed by atoms with Crippen LogP contribution in [-0.2, 0) is 4.79 Å². The summed E-state index contributed by atoms with van der Waals surface area (Å²) in [7, 11) is 0. The zero-order chi connectivity index (χ0) is 22.0. The lowest BCUT2D eigenvalue weighted by atomic mass is 10.2. The van der Waals surface area contributed by atoms with E-state index in [4.69, 9.17) is 0 Å². The van der Waals surface area contributed by atoms with Crippen LogP contribution in [0.5, 0.6) is 0 Å². The standard InChI is InChI=1S/C22H22N4O4S/c1-16-2-6-18(7-3-16)24-12-10-23(11-13-24)15-25-21(27)20(31-22(25)28)14-17-4-8-19(9-5-17)26(29)30/h2-9,14H,10-13,15H2,1H3/b20-14+. The van der Waals surface area contributed by atoms with E-state index in [1.807, 2.05) is 0 Å². The highest BCUT2D eigenvalue weighted by Crippen LogP contribution is 2.32. The van der Waals surface area contributed by atoms with E-state index in [9.17, 15) is 19.7 Å². The predicted molar refractivity (Wildman–Crippen MR) is 121 cm³/mol. The van der Waals surface area contributed by atoms with E-state index >= 15 is 0 Å². The Hall–Kier alpha value is -3.17. The normalized spacial score (nSPS) is 18.8. The molecule has 2 aliphatic heterocycles. The van der Waals surface area contributed by atoms with Crippen LogP contribution in [0.1, 0.15) is 11.1 Å². The van der Waals surface area contributed by atoms with Gasteiger partial charge in [0.2, 0.25) is 0 Å². The number of non-ortho nitro benzene ring substituents is 1. The number of nitro benzene ring substituents is 1. The van der Waals surface area contributed by atoms with Crippen LogP contribution in [0.2, 0.25) is 0 Å². The van der Waals surface area contributed by atoms with Crippen LogP contribution in [0.4, 0.5) is 16.2 Å². The fraction of sp³-hybridized carbons (Fsp3) is 0.273. The Morgan fingerprint density at radius 1 is 1.00 bits per heavy atom. The first kappa shape index (κ1) is 21.1. The van der Waals surface area contributed by atoms with E-state index in [2.05, 4.69) is 41.0 Å². The molecule has 0 atom stereocenters. The van der Waals surface area contributed by atoms with E-state index in [1.165, 1.54) is 28.3 Å². The first-order valence-electron chi connectivity index (χ1n) is 9.94. The summed E-state index contributed by atoms with van der Waals surface area (Å²) in [5.41, 5.74) is 3.03. The Morgan fingerprint density at radius 3 is 2.26 bits per heavy atom. The predicted octanol–water partition coefficient (Wildman–Crippen LogP) is 3.72. The van der Waals surface area contributed by atoms with E-state index in [-0.39, 0.29) is 23.5 Å². The van der Waals surface area contributed by atoms with Gasteiger partial charge in [-0.25, -0.2) is 0 Å². The average Bonchev–Trinajstić information content (AvgIpc) is 3.02. The molecule has 4 rings (SSSR count). The zero-order valence-electron chi connectivity index (χ0n) is 17.1. The van der Waals surface area contributed by atoms with Crippen LogP contribution in [0.3, 0.4) is 0 Å². The maximum absolute atomic E-state index is 12.8. The van der Waals surface area contributed by atoms with Gasteiger partial charge in [-0.2, -0.15) is 0 Å². The quantitative estimate of drug-likeness (QED) is 0.399. The number of piperazine rings is 1. The Balaban J connectivity index is 1.36. The first-order valence-corrected chi connectivity index (χ1v) is 10.8. The SMILES string of the molecule is Cc1ccc(N2CCN(CN3C(=O)S/C(=C/c4ccc([N+](=O)[O-])cc4)C3=O)CC2)cc1. The summed E-state index contributed by atoms with van der Waals surface area (Å²) in [5.74, 6) is -0.325. The smallest absolute Gasteiger partial charge is 0.294 e. The van der Waals surface area contributed by atoms with Crippen molar-refractivity contribution in [3.63, 3.8) is 0 Å². The molecule has 2 amide bonds. The molecule has 0 spiro atoms. The third kappa shape index (κ3) is 4.78. The Labute approximate surface area is 184 Å². The summed E-state index contributed by atoms with van der Waals surface area (Å²) < 4.78 is 0. The van der Waals surface area contributed by atoms with Gasteiger partial charge in [0, 0.05) is 44.0 Å². The molecule has 2 saturated heterocycles. The number of carbonyl (C=O) groups is 2. The minimum Gasteiger partial charge on any atom is -0.369 e. The molecule has 2 heterocycles. The maximum atomic E-state index is 12.8. The molecule has 2 aromatic rings. The van der Waals surface area contributed by atoms with E-state index in [1.54, 1.807) is 18.2 Å². The summed E-state index contributed by atoms with van der Waals surface area (Å²) in [5, 5.41) is 10.5. The van der Waals surface area contributed by atoms with Gasteiger partial charge < -0.3 is 4.90 Å².